The molecule has 1 aromatic heterocycles. The Morgan fingerprint density at radius 2 is 2.03 bits per heavy atom. The van der Waals surface area contributed by atoms with E-state index in [2.05, 4.69) is 10.5 Å². The Hall–Kier alpha value is -3.81. The SMILES string of the molecule is CCOc1cc(/C=N/NC(=O)COc2ccc3c(C)cc(=O)oc3c2)ccc1O. The number of rotatable bonds is 7. The van der Waals surface area contributed by atoms with E-state index in [0.717, 1.165) is 10.9 Å². The van der Waals surface area contributed by atoms with Crippen molar-refractivity contribution >= 4 is 23.1 Å². The summed E-state index contributed by atoms with van der Waals surface area (Å²) in [7, 11) is 0. The summed E-state index contributed by atoms with van der Waals surface area (Å²) in [6, 6.07) is 11.2. The molecule has 8 heteroatoms. The second kappa shape index (κ2) is 8.92. The molecule has 0 radical (unpaired) electrons. The van der Waals surface area contributed by atoms with Gasteiger partial charge in [-0.1, -0.05) is 0 Å². The van der Waals surface area contributed by atoms with Crippen LogP contribution in [0.25, 0.3) is 11.0 Å². The minimum atomic E-state index is -0.462. The third-order valence-corrected chi connectivity index (χ3v) is 3.98. The molecule has 2 N–H and O–H groups in total. The van der Waals surface area contributed by atoms with Gasteiger partial charge in [0.1, 0.15) is 11.3 Å². The van der Waals surface area contributed by atoms with Crippen LogP contribution in [-0.2, 0) is 4.79 Å². The van der Waals surface area contributed by atoms with Crippen LogP contribution < -0.4 is 20.5 Å². The van der Waals surface area contributed by atoms with Crippen molar-refractivity contribution in [1.29, 1.82) is 0 Å². The first-order valence-corrected chi connectivity index (χ1v) is 8.91. The van der Waals surface area contributed by atoms with E-state index in [1.165, 1.54) is 18.3 Å². The number of hydrogen-bond acceptors (Lipinski definition) is 7. The zero-order valence-corrected chi connectivity index (χ0v) is 16.0. The lowest BCUT2D eigenvalue weighted by molar-refractivity contribution is -0.123. The molecule has 0 aliphatic rings. The van der Waals surface area contributed by atoms with Gasteiger partial charge in [0.05, 0.1) is 12.8 Å². The summed E-state index contributed by atoms with van der Waals surface area (Å²) >= 11 is 0. The van der Waals surface area contributed by atoms with E-state index in [4.69, 9.17) is 13.9 Å². The maximum Gasteiger partial charge on any atom is 0.336 e. The van der Waals surface area contributed by atoms with E-state index < -0.39 is 11.5 Å². The minimum Gasteiger partial charge on any atom is -0.504 e. The number of aryl methyl sites for hydroxylation is 1. The van der Waals surface area contributed by atoms with Crippen LogP contribution in [0.4, 0.5) is 0 Å². The summed E-state index contributed by atoms with van der Waals surface area (Å²) in [6.45, 7) is 3.78. The minimum absolute atomic E-state index is 0.0304. The molecule has 3 aromatic rings. The van der Waals surface area contributed by atoms with Crippen molar-refractivity contribution in [3.8, 4) is 17.2 Å². The van der Waals surface area contributed by atoms with E-state index in [0.29, 0.717) is 29.3 Å². The van der Waals surface area contributed by atoms with Crippen LogP contribution in [0.15, 0.2) is 56.8 Å². The fourth-order valence-electron chi connectivity index (χ4n) is 2.64. The van der Waals surface area contributed by atoms with Gasteiger partial charge in [0, 0.05) is 17.5 Å². The van der Waals surface area contributed by atoms with Crippen LogP contribution in [0.5, 0.6) is 17.2 Å². The van der Waals surface area contributed by atoms with Crippen LogP contribution in [0, 0.1) is 6.92 Å². The number of amides is 1. The fraction of sp³-hybridized carbons (Fsp3) is 0.190. The highest BCUT2D eigenvalue weighted by atomic mass is 16.5. The summed E-state index contributed by atoms with van der Waals surface area (Å²) in [5.41, 5.74) is 3.75. The number of nitrogens with one attached hydrogen (secondary N) is 1. The summed E-state index contributed by atoms with van der Waals surface area (Å²) in [5, 5.41) is 14.3. The molecule has 2 aromatic carbocycles. The summed E-state index contributed by atoms with van der Waals surface area (Å²) in [6.07, 6.45) is 1.42. The lowest BCUT2D eigenvalue weighted by atomic mass is 10.1. The monoisotopic (exact) mass is 396 g/mol. The average molecular weight is 396 g/mol. The van der Waals surface area contributed by atoms with Gasteiger partial charge in [-0.2, -0.15) is 5.10 Å². The molecule has 0 aliphatic carbocycles. The molecule has 3 rings (SSSR count). The molecular weight excluding hydrogens is 376 g/mol. The quantitative estimate of drug-likeness (QED) is 0.361. The second-order valence-electron chi connectivity index (χ2n) is 6.15. The van der Waals surface area contributed by atoms with Gasteiger partial charge >= 0.3 is 5.63 Å². The van der Waals surface area contributed by atoms with Crippen molar-refractivity contribution < 1.29 is 23.8 Å². The Morgan fingerprint density at radius 1 is 1.21 bits per heavy atom. The van der Waals surface area contributed by atoms with Crippen molar-refractivity contribution in [2.24, 2.45) is 5.10 Å². The standard InChI is InChI=1S/C21H20N2O6/c1-3-27-19-9-14(4-7-17(19)24)11-22-23-20(25)12-28-15-5-6-16-13(2)8-21(26)29-18(16)10-15/h4-11,24H,3,12H2,1-2H3,(H,23,25)/b22-11+. The molecule has 1 amide bonds. The molecule has 0 bridgehead atoms. The molecule has 8 nitrogen and oxygen atoms in total. The molecule has 0 saturated heterocycles. The fourth-order valence-corrected chi connectivity index (χ4v) is 2.64. The Bertz CT molecular complexity index is 1120. The Labute approximate surface area is 166 Å². The predicted octanol–water partition coefficient (Wildman–Crippen LogP) is 2.73. The highest BCUT2D eigenvalue weighted by Crippen LogP contribution is 2.26. The molecule has 150 valence electrons. The number of phenols is 1. The van der Waals surface area contributed by atoms with Crippen LogP contribution in [-0.4, -0.2) is 30.4 Å². The molecule has 0 saturated carbocycles. The lowest BCUT2D eigenvalue weighted by Crippen LogP contribution is -2.24. The van der Waals surface area contributed by atoms with Crippen LogP contribution >= 0.6 is 0 Å². The van der Waals surface area contributed by atoms with Gasteiger partial charge in [-0.25, -0.2) is 10.2 Å². The third-order valence-electron chi connectivity index (χ3n) is 3.98. The first-order valence-electron chi connectivity index (χ1n) is 8.91. The van der Waals surface area contributed by atoms with Crippen molar-refractivity contribution in [3.63, 3.8) is 0 Å². The van der Waals surface area contributed by atoms with Crippen LogP contribution in [0.3, 0.4) is 0 Å². The first kappa shape index (κ1) is 19.9. The Morgan fingerprint density at radius 3 is 2.83 bits per heavy atom. The van der Waals surface area contributed by atoms with E-state index >= 15 is 0 Å². The normalized spacial score (nSPS) is 11.0. The second-order valence-corrected chi connectivity index (χ2v) is 6.15. The van der Waals surface area contributed by atoms with Crippen LogP contribution in [0.1, 0.15) is 18.1 Å². The summed E-state index contributed by atoms with van der Waals surface area (Å²) in [4.78, 5) is 23.4. The van der Waals surface area contributed by atoms with E-state index in [9.17, 15) is 14.7 Å². The smallest absolute Gasteiger partial charge is 0.336 e. The van der Waals surface area contributed by atoms with Gasteiger partial charge in [0.2, 0.25) is 0 Å². The van der Waals surface area contributed by atoms with Gasteiger partial charge in [0.25, 0.3) is 5.91 Å². The number of carbonyl (C=O) groups is 1. The topological polar surface area (TPSA) is 110 Å². The maximum absolute atomic E-state index is 11.9. The van der Waals surface area contributed by atoms with Gasteiger partial charge < -0.3 is 19.0 Å². The molecule has 0 atom stereocenters. The highest BCUT2D eigenvalue weighted by molar-refractivity contribution is 5.84. The van der Waals surface area contributed by atoms with Crippen LogP contribution in [0.2, 0.25) is 0 Å². The number of hydrazone groups is 1. The number of aromatic hydroxyl groups is 1. The van der Waals surface area contributed by atoms with Crippen molar-refractivity contribution in [3.05, 3.63) is 64.0 Å². The maximum atomic E-state index is 11.9. The van der Waals surface area contributed by atoms with Gasteiger partial charge in [-0.15, -0.1) is 0 Å². The summed E-state index contributed by atoms with van der Waals surface area (Å²) < 4.78 is 15.9. The van der Waals surface area contributed by atoms with E-state index in [1.807, 2.05) is 13.8 Å². The number of nitrogens with zero attached hydrogens (tertiary/aromatic N) is 1. The Balaban J connectivity index is 1.57. The summed E-state index contributed by atoms with van der Waals surface area (Å²) in [5.74, 6) is 0.299. The number of ether oxygens (including phenoxy) is 2. The third kappa shape index (κ3) is 5.13. The molecule has 0 fully saturated rings. The van der Waals surface area contributed by atoms with Gasteiger partial charge in [-0.05, 0) is 55.3 Å². The molecule has 1 heterocycles. The molecule has 0 spiro atoms. The van der Waals surface area contributed by atoms with E-state index in [1.54, 1.807) is 30.3 Å². The number of hydrogen-bond donors (Lipinski definition) is 2. The zero-order chi connectivity index (χ0) is 20.8. The average Bonchev–Trinajstić information content (AvgIpc) is 2.68. The van der Waals surface area contributed by atoms with Gasteiger partial charge in [0.15, 0.2) is 18.1 Å². The highest BCUT2D eigenvalue weighted by Gasteiger charge is 2.06. The number of benzene rings is 2. The molecule has 0 aliphatic heterocycles. The van der Waals surface area contributed by atoms with Crippen molar-refractivity contribution in [2.45, 2.75) is 13.8 Å². The molecular formula is C21H20N2O6. The van der Waals surface area contributed by atoms with Crippen molar-refractivity contribution in [1.82, 2.24) is 5.43 Å². The number of phenolic OH excluding ortho intramolecular Hbond substituents is 1. The predicted molar refractivity (Wildman–Crippen MR) is 108 cm³/mol. The molecule has 0 unspecified atom stereocenters. The molecule has 29 heavy (non-hydrogen) atoms. The Kier molecular flexibility index (Phi) is 6.13. The number of carbonyl (C=O) groups excluding carboxylic acids is 1. The van der Waals surface area contributed by atoms with E-state index in [-0.39, 0.29) is 12.4 Å². The first-order chi connectivity index (χ1) is 14.0. The largest absolute Gasteiger partial charge is 0.504 e. The lowest BCUT2D eigenvalue weighted by Gasteiger charge is -2.07. The van der Waals surface area contributed by atoms with Gasteiger partial charge in [-0.3, -0.25) is 4.79 Å². The van der Waals surface area contributed by atoms with Crippen molar-refractivity contribution in [2.75, 3.05) is 13.2 Å². The number of fused-ring (bicyclic) bond motifs is 1. The zero-order valence-electron chi connectivity index (χ0n) is 16.0.